The Morgan fingerprint density at radius 2 is 2.44 bits per heavy atom. The first kappa shape index (κ1) is 11.3. The van der Waals surface area contributed by atoms with Crippen molar-refractivity contribution in [1.82, 2.24) is 20.1 Å². The van der Waals surface area contributed by atoms with Crippen LogP contribution in [0.25, 0.3) is 0 Å². The van der Waals surface area contributed by atoms with E-state index in [0.29, 0.717) is 0 Å². The van der Waals surface area contributed by atoms with Gasteiger partial charge in [0.25, 0.3) is 0 Å². The van der Waals surface area contributed by atoms with E-state index in [4.69, 9.17) is 0 Å². The highest BCUT2D eigenvalue weighted by atomic mass is 15.3. The number of nitrogens with one attached hydrogen (secondary N) is 1. The van der Waals surface area contributed by atoms with Gasteiger partial charge >= 0.3 is 0 Å². The van der Waals surface area contributed by atoms with E-state index < -0.39 is 0 Å². The molecule has 1 aliphatic carbocycles. The van der Waals surface area contributed by atoms with Crippen LogP contribution in [-0.2, 0) is 13.1 Å². The molecule has 0 aliphatic heterocycles. The van der Waals surface area contributed by atoms with Gasteiger partial charge in [-0.15, -0.1) is 10.2 Å². The van der Waals surface area contributed by atoms with Crippen molar-refractivity contribution in [2.75, 3.05) is 6.54 Å². The third-order valence-corrected chi connectivity index (χ3v) is 3.13. The van der Waals surface area contributed by atoms with Gasteiger partial charge in [-0.3, -0.25) is 0 Å². The van der Waals surface area contributed by atoms with Crippen LogP contribution in [-0.4, -0.2) is 21.3 Å². The summed E-state index contributed by atoms with van der Waals surface area (Å²) in [7, 11) is 0. The highest BCUT2D eigenvalue weighted by Gasteiger charge is 2.09. The lowest BCUT2D eigenvalue weighted by Gasteiger charge is -2.17. The molecule has 1 aliphatic rings. The van der Waals surface area contributed by atoms with E-state index in [1.807, 2.05) is 0 Å². The molecular weight excluding hydrogens is 200 g/mol. The van der Waals surface area contributed by atoms with Crippen LogP contribution in [0.3, 0.4) is 0 Å². The van der Waals surface area contributed by atoms with Crippen molar-refractivity contribution in [1.29, 1.82) is 0 Å². The lowest BCUT2D eigenvalue weighted by atomic mass is 9.94. The molecule has 1 aromatic rings. The van der Waals surface area contributed by atoms with Crippen LogP contribution >= 0.6 is 0 Å². The molecule has 1 unspecified atom stereocenters. The SMILES string of the molecule is CCn1cnnc1CNCC1CC=CCC1. The van der Waals surface area contributed by atoms with E-state index in [-0.39, 0.29) is 0 Å². The van der Waals surface area contributed by atoms with Crippen LogP contribution < -0.4 is 5.32 Å². The number of nitrogens with zero attached hydrogens (tertiary/aromatic N) is 3. The maximum Gasteiger partial charge on any atom is 0.146 e. The fraction of sp³-hybridized carbons (Fsp3) is 0.667. The predicted octanol–water partition coefficient (Wildman–Crippen LogP) is 1.74. The molecular formula is C12H20N4. The highest BCUT2D eigenvalue weighted by molar-refractivity contribution is 4.91. The van der Waals surface area contributed by atoms with Gasteiger partial charge in [0, 0.05) is 6.54 Å². The molecule has 2 rings (SSSR count). The molecule has 0 amide bonds. The minimum Gasteiger partial charge on any atom is -0.317 e. The number of aryl methyl sites for hydroxylation is 1. The van der Waals surface area contributed by atoms with Gasteiger partial charge < -0.3 is 9.88 Å². The average molecular weight is 220 g/mol. The molecule has 16 heavy (non-hydrogen) atoms. The Morgan fingerprint density at radius 3 is 3.19 bits per heavy atom. The van der Waals surface area contributed by atoms with Gasteiger partial charge in [-0.05, 0) is 38.6 Å². The summed E-state index contributed by atoms with van der Waals surface area (Å²) in [5, 5.41) is 11.5. The fourth-order valence-corrected chi connectivity index (χ4v) is 2.11. The molecule has 0 radical (unpaired) electrons. The second kappa shape index (κ2) is 5.80. The van der Waals surface area contributed by atoms with Crippen LogP contribution in [0.15, 0.2) is 18.5 Å². The molecule has 0 spiro atoms. The van der Waals surface area contributed by atoms with Crippen LogP contribution in [0.1, 0.15) is 32.0 Å². The van der Waals surface area contributed by atoms with E-state index >= 15 is 0 Å². The Hall–Kier alpha value is -1.16. The predicted molar refractivity (Wildman–Crippen MR) is 63.9 cm³/mol. The van der Waals surface area contributed by atoms with Crippen molar-refractivity contribution in [2.45, 2.75) is 39.3 Å². The zero-order chi connectivity index (χ0) is 11.2. The van der Waals surface area contributed by atoms with E-state index in [2.05, 4.69) is 39.2 Å². The average Bonchev–Trinajstić information content (AvgIpc) is 2.78. The summed E-state index contributed by atoms with van der Waals surface area (Å²) in [5.41, 5.74) is 0. The maximum absolute atomic E-state index is 4.11. The van der Waals surface area contributed by atoms with Crippen molar-refractivity contribution >= 4 is 0 Å². The Labute approximate surface area is 96.8 Å². The molecule has 4 nitrogen and oxygen atoms in total. The molecule has 0 saturated carbocycles. The summed E-state index contributed by atoms with van der Waals surface area (Å²) in [5.74, 6) is 1.83. The van der Waals surface area contributed by atoms with Gasteiger partial charge in [-0.25, -0.2) is 0 Å². The summed E-state index contributed by atoms with van der Waals surface area (Å²) in [6.45, 7) is 4.96. The fourth-order valence-electron chi connectivity index (χ4n) is 2.11. The van der Waals surface area contributed by atoms with Crippen molar-refractivity contribution < 1.29 is 0 Å². The van der Waals surface area contributed by atoms with E-state index in [0.717, 1.165) is 31.4 Å². The van der Waals surface area contributed by atoms with Gasteiger partial charge in [0.15, 0.2) is 0 Å². The molecule has 0 fully saturated rings. The van der Waals surface area contributed by atoms with Crippen molar-refractivity contribution in [2.24, 2.45) is 5.92 Å². The highest BCUT2D eigenvalue weighted by Crippen LogP contribution is 2.16. The molecule has 1 heterocycles. The summed E-state index contributed by atoms with van der Waals surface area (Å²) in [6, 6.07) is 0. The molecule has 88 valence electrons. The van der Waals surface area contributed by atoms with Gasteiger partial charge in [0.2, 0.25) is 0 Å². The normalized spacial score (nSPS) is 20.2. The minimum atomic E-state index is 0.794. The van der Waals surface area contributed by atoms with Gasteiger partial charge in [-0.2, -0.15) is 0 Å². The molecule has 1 N–H and O–H groups in total. The minimum absolute atomic E-state index is 0.794. The lowest BCUT2D eigenvalue weighted by molar-refractivity contribution is 0.434. The summed E-state index contributed by atoms with van der Waals surface area (Å²) < 4.78 is 2.08. The van der Waals surface area contributed by atoms with Gasteiger partial charge in [0.05, 0.1) is 6.54 Å². The second-order valence-corrected chi connectivity index (χ2v) is 4.31. The second-order valence-electron chi connectivity index (χ2n) is 4.31. The zero-order valence-corrected chi connectivity index (χ0v) is 9.89. The van der Waals surface area contributed by atoms with Crippen LogP contribution in [0.5, 0.6) is 0 Å². The third kappa shape index (κ3) is 2.92. The number of hydrogen-bond donors (Lipinski definition) is 1. The monoisotopic (exact) mass is 220 g/mol. The van der Waals surface area contributed by atoms with Gasteiger partial charge in [0.1, 0.15) is 12.2 Å². The number of aromatic nitrogens is 3. The Bertz CT molecular complexity index is 343. The molecule has 0 aromatic carbocycles. The molecule has 1 atom stereocenters. The summed E-state index contributed by atoms with van der Waals surface area (Å²) in [6.07, 6.45) is 10.1. The van der Waals surface area contributed by atoms with E-state index in [1.54, 1.807) is 6.33 Å². The number of allylic oxidation sites excluding steroid dienone is 2. The number of rotatable bonds is 5. The first-order valence-corrected chi connectivity index (χ1v) is 6.12. The molecule has 4 heteroatoms. The Balaban J connectivity index is 1.73. The van der Waals surface area contributed by atoms with Crippen molar-refractivity contribution in [3.05, 3.63) is 24.3 Å². The van der Waals surface area contributed by atoms with E-state index in [9.17, 15) is 0 Å². The van der Waals surface area contributed by atoms with Gasteiger partial charge in [-0.1, -0.05) is 12.2 Å². The third-order valence-electron chi connectivity index (χ3n) is 3.13. The number of hydrogen-bond acceptors (Lipinski definition) is 3. The van der Waals surface area contributed by atoms with Crippen molar-refractivity contribution in [3.63, 3.8) is 0 Å². The van der Waals surface area contributed by atoms with Crippen LogP contribution in [0.2, 0.25) is 0 Å². The van der Waals surface area contributed by atoms with E-state index in [1.165, 1.54) is 19.3 Å². The van der Waals surface area contributed by atoms with Crippen molar-refractivity contribution in [3.8, 4) is 0 Å². The Morgan fingerprint density at radius 1 is 1.50 bits per heavy atom. The smallest absolute Gasteiger partial charge is 0.146 e. The molecule has 0 bridgehead atoms. The molecule has 1 aromatic heterocycles. The Kier molecular flexibility index (Phi) is 4.10. The van der Waals surface area contributed by atoms with Crippen LogP contribution in [0, 0.1) is 5.92 Å². The zero-order valence-electron chi connectivity index (χ0n) is 9.89. The van der Waals surface area contributed by atoms with Crippen LogP contribution in [0.4, 0.5) is 0 Å². The standard InChI is InChI=1S/C12H20N4/c1-2-16-10-14-15-12(16)9-13-8-11-6-4-3-5-7-11/h3-4,10-11,13H,2,5-9H2,1H3. The summed E-state index contributed by atoms with van der Waals surface area (Å²) >= 11 is 0. The molecule has 0 saturated heterocycles. The topological polar surface area (TPSA) is 42.7 Å². The lowest BCUT2D eigenvalue weighted by Crippen LogP contribution is -2.24. The first-order valence-electron chi connectivity index (χ1n) is 6.12. The largest absolute Gasteiger partial charge is 0.317 e. The first-order chi connectivity index (χ1) is 7.90. The maximum atomic E-state index is 4.11. The summed E-state index contributed by atoms with van der Waals surface area (Å²) in [4.78, 5) is 0. The quantitative estimate of drug-likeness (QED) is 0.769.